The average Bonchev–Trinajstić information content (AvgIpc) is 2.63. The van der Waals surface area contributed by atoms with Gasteiger partial charge >= 0.3 is 0 Å². The van der Waals surface area contributed by atoms with Gasteiger partial charge in [-0.3, -0.25) is 14.6 Å². The largest absolute Gasteiger partial charge is 0.300 e. The Morgan fingerprint density at radius 2 is 1.68 bits per heavy atom. The van der Waals surface area contributed by atoms with Crippen molar-refractivity contribution in [2.24, 2.45) is 0 Å². The zero-order valence-corrected chi connectivity index (χ0v) is 17.6. The van der Waals surface area contributed by atoms with Crippen molar-refractivity contribution < 1.29 is 14.0 Å². The summed E-state index contributed by atoms with van der Waals surface area (Å²) in [5, 5.41) is 1.24. The number of nitrogens with one attached hydrogen (secondary N) is 1. The van der Waals surface area contributed by atoms with E-state index < -0.39 is 11.4 Å². The van der Waals surface area contributed by atoms with E-state index in [0.29, 0.717) is 5.56 Å². The summed E-state index contributed by atoms with van der Waals surface area (Å²) in [7, 11) is 0. The Morgan fingerprint density at radius 3 is 2.21 bits per heavy atom. The predicted molar refractivity (Wildman–Crippen MR) is 110 cm³/mol. The van der Waals surface area contributed by atoms with Crippen LogP contribution in [0, 0.1) is 5.82 Å². The molecule has 0 radical (unpaired) electrons. The highest BCUT2D eigenvalue weighted by molar-refractivity contribution is 6.35. The zero-order valence-electron chi connectivity index (χ0n) is 16.1. The summed E-state index contributed by atoms with van der Waals surface area (Å²) < 4.78 is 13.8. The number of ketones is 1. The SMILES string of the molecule is CC(=O)CCN(NC(C)(C)c1cc(Cl)c(F)c(Cl)c1)C(=O)Cc1ccccc1. The number of amides is 1. The first-order valence-corrected chi connectivity index (χ1v) is 9.62. The van der Waals surface area contributed by atoms with Crippen LogP contribution in [0.3, 0.4) is 0 Å². The predicted octanol–water partition coefficient (Wildman–Crippen LogP) is 4.92. The van der Waals surface area contributed by atoms with Crippen molar-refractivity contribution in [1.82, 2.24) is 10.4 Å². The van der Waals surface area contributed by atoms with Crippen LogP contribution in [-0.2, 0) is 21.5 Å². The Labute approximate surface area is 174 Å². The van der Waals surface area contributed by atoms with Crippen LogP contribution in [0.25, 0.3) is 0 Å². The number of hydrazine groups is 1. The van der Waals surface area contributed by atoms with Crippen molar-refractivity contribution in [2.45, 2.75) is 39.2 Å². The smallest absolute Gasteiger partial charge is 0.241 e. The minimum absolute atomic E-state index is 0.0232. The molecule has 0 bridgehead atoms. The van der Waals surface area contributed by atoms with E-state index in [9.17, 15) is 14.0 Å². The highest BCUT2D eigenvalue weighted by Gasteiger charge is 2.27. The van der Waals surface area contributed by atoms with Gasteiger partial charge in [0.25, 0.3) is 0 Å². The fraction of sp³-hybridized carbons (Fsp3) is 0.333. The molecule has 28 heavy (non-hydrogen) atoms. The number of halogens is 3. The van der Waals surface area contributed by atoms with E-state index in [4.69, 9.17) is 23.2 Å². The zero-order chi connectivity index (χ0) is 20.9. The van der Waals surface area contributed by atoms with Gasteiger partial charge in [-0.25, -0.2) is 9.82 Å². The molecule has 0 aromatic heterocycles. The van der Waals surface area contributed by atoms with E-state index in [1.807, 2.05) is 44.2 Å². The topological polar surface area (TPSA) is 49.4 Å². The Hall–Kier alpha value is -1.95. The van der Waals surface area contributed by atoms with Gasteiger partial charge in [0.1, 0.15) is 5.78 Å². The van der Waals surface area contributed by atoms with E-state index >= 15 is 0 Å². The van der Waals surface area contributed by atoms with Crippen molar-refractivity contribution in [3.8, 4) is 0 Å². The van der Waals surface area contributed by atoms with Crippen LogP contribution < -0.4 is 5.43 Å². The molecule has 0 saturated carbocycles. The number of hydrogen-bond donors (Lipinski definition) is 1. The number of carbonyl (C=O) groups is 2. The van der Waals surface area contributed by atoms with Gasteiger partial charge in [-0.2, -0.15) is 0 Å². The van der Waals surface area contributed by atoms with Gasteiger partial charge in [0, 0.05) is 13.0 Å². The molecular weight excluding hydrogens is 402 g/mol. The van der Waals surface area contributed by atoms with Crippen LogP contribution in [0.15, 0.2) is 42.5 Å². The molecule has 4 nitrogen and oxygen atoms in total. The van der Waals surface area contributed by atoms with Crippen molar-refractivity contribution in [1.29, 1.82) is 0 Å². The first kappa shape index (κ1) is 22.3. The molecule has 0 aliphatic carbocycles. The van der Waals surface area contributed by atoms with Gasteiger partial charge in [-0.15, -0.1) is 0 Å². The quantitative estimate of drug-likeness (QED) is 0.483. The van der Waals surface area contributed by atoms with E-state index in [0.717, 1.165) is 5.56 Å². The third kappa shape index (κ3) is 6.03. The molecule has 2 aromatic carbocycles. The third-order valence-electron chi connectivity index (χ3n) is 4.31. The molecular formula is C21H23Cl2FN2O2. The number of Topliss-reactive ketones (excluding diaryl/α,β-unsaturated/α-hetero) is 1. The second-order valence-corrected chi connectivity index (χ2v) is 7.96. The van der Waals surface area contributed by atoms with Crippen LogP contribution in [-0.4, -0.2) is 23.2 Å². The summed E-state index contributed by atoms with van der Waals surface area (Å²) in [6.07, 6.45) is 0.404. The molecule has 2 rings (SSSR count). The highest BCUT2D eigenvalue weighted by atomic mass is 35.5. The summed E-state index contributed by atoms with van der Waals surface area (Å²) in [6, 6.07) is 12.3. The molecule has 0 atom stereocenters. The highest BCUT2D eigenvalue weighted by Crippen LogP contribution is 2.30. The monoisotopic (exact) mass is 424 g/mol. The Morgan fingerprint density at radius 1 is 1.11 bits per heavy atom. The molecule has 0 aliphatic rings. The van der Waals surface area contributed by atoms with Crippen LogP contribution in [0.4, 0.5) is 4.39 Å². The summed E-state index contributed by atoms with van der Waals surface area (Å²) in [4.78, 5) is 24.3. The Bertz CT molecular complexity index is 834. The van der Waals surface area contributed by atoms with Crippen LogP contribution in [0.1, 0.15) is 38.3 Å². The second kappa shape index (κ2) is 9.50. The molecule has 1 N–H and O–H groups in total. The number of hydrogen-bond acceptors (Lipinski definition) is 3. The normalized spacial score (nSPS) is 11.4. The summed E-state index contributed by atoms with van der Waals surface area (Å²) in [6.45, 7) is 5.34. The second-order valence-electron chi connectivity index (χ2n) is 7.15. The van der Waals surface area contributed by atoms with Gasteiger partial charge in [-0.1, -0.05) is 53.5 Å². The molecule has 2 aromatic rings. The van der Waals surface area contributed by atoms with Gasteiger partial charge in [0.05, 0.1) is 22.0 Å². The number of rotatable bonds is 8. The first-order valence-electron chi connectivity index (χ1n) is 8.86. The standard InChI is InChI=1S/C21H23Cl2FN2O2/c1-14(27)9-10-26(19(28)11-15-7-5-4-6-8-15)25-21(2,3)16-12-17(22)20(24)18(23)13-16/h4-8,12-13,25H,9-11H2,1-3H3. The van der Waals surface area contributed by atoms with Crippen molar-refractivity contribution in [3.63, 3.8) is 0 Å². The van der Waals surface area contributed by atoms with Crippen molar-refractivity contribution in [2.75, 3.05) is 6.54 Å². The van der Waals surface area contributed by atoms with Gasteiger partial charge in [-0.05, 0) is 44.0 Å². The minimum atomic E-state index is -0.788. The number of nitrogens with zero attached hydrogens (tertiary/aromatic N) is 1. The molecule has 0 saturated heterocycles. The third-order valence-corrected chi connectivity index (χ3v) is 4.86. The number of carbonyl (C=O) groups excluding carboxylic acids is 2. The van der Waals surface area contributed by atoms with E-state index in [-0.39, 0.29) is 41.1 Å². The lowest BCUT2D eigenvalue weighted by atomic mass is 9.95. The summed E-state index contributed by atoms with van der Waals surface area (Å²) >= 11 is 11.8. The fourth-order valence-electron chi connectivity index (χ4n) is 2.70. The average molecular weight is 425 g/mol. The molecule has 0 fully saturated rings. The Balaban J connectivity index is 2.24. The molecule has 7 heteroatoms. The van der Waals surface area contributed by atoms with Crippen LogP contribution in [0.5, 0.6) is 0 Å². The van der Waals surface area contributed by atoms with Crippen molar-refractivity contribution >= 4 is 34.9 Å². The first-order chi connectivity index (χ1) is 13.1. The Kier molecular flexibility index (Phi) is 7.58. The van der Waals surface area contributed by atoms with Gasteiger partial charge in [0.2, 0.25) is 5.91 Å². The summed E-state index contributed by atoms with van der Waals surface area (Å²) in [5.41, 5.74) is 3.85. The van der Waals surface area contributed by atoms with E-state index in [1.165, 1.54) is 24.1 Å². The maximum Gasteiger partial charge on any atom is 0.241 e. The lowest BCUT2D eigenvalue weighted by molar-refractivity contribution is -0.136. The van der Waals surface area contributed by atoms with Crippen LogP contribution in [0.2, 0.25) is 10.0 Å². The van der Waals surface area contributed by atoms with Gasteiger partial charge in [0.15, 0.2) is 5.82 Å². The lowest BCUT2D eigenvalue weighted by Gasteiger charge is -2.35. The van der Waals surface area contributed by atoms with Crippen molar-refractivity contribution in [3.05, 3.63) is 69.5 Å². The fourth-order valence-corrected chi connectivity index (χ4v) is 3.18. The molecule has 0 aliphatic heterocycles. The van der Waals surface area contributed by atoms with E-state index in [1.54, 1.807) is 0 Å². The maximum atomic E-state index is 13.8. The molecule has 150 valence electrons. The lowest BCUT2D eigenvalue weighted by Crippen LogP contribution is -2.53. The van der Waals surface area contributed by atoms with E-state index in [2.05, 4.69) is 5.43 Å². The summed E-state index contributed by atoms with van der Waals surface area (Å²) in [5.74, 6) is -0.888. The maximum absolute atomic E-state index is 13.8. The molecule has 1 amide bonds. The molecule has 0 spiro atoms. The minimum Gasteiger partial charge on any atom is -0.300 e. The number of benzene rings is 2. The van der Waals surface area contributed by atoms with Crippen LogP contribution >= 0.6 is 23.2 Å². The molecule has 0 heterocycles. The molecule has 0 unspecified atom stereocenters. The van der Waals surface area contributed by atoms with Gasteiger partial charge < -0.3 is 0 Å².